The molecule has 0 aromatic heterocycles. The van der Waals surface area contributed by atoms with E-state index < -0.39 is 0 Å². The maximum absolute atomic E-state index is 11.0. The molecule has 0 bridgehead atoms. The summed E-state index contributed by atoms with van der Waals surface area (Å²) < 4.78 is 0. The van der Waals surface area contributed by atoms with Crippen molar-refractivity contribution in [2.75, 3.05) is 0 Å². The Balaban J connectivity index is 2.20. The molecule has 2 aromatic rings. The van der Waals surface area contributed by atoms with Gasteiger partial charge in [0, 0.05) is 5.92 Å². The first-order chi connectivity index (χ1) is 8.31. The van der Waals surface area contributed by atoms with E-state index in [9.17, 15) is 4.79 Å². The molecule has 0 spiro atoms. The van der Waals surface area contributed by atoms with Crippen LogP contribution in [-0.4, -0.2) is 6.29 Å². The van der Waals surface area contributed by atoms with E-state index in [1.165, 1.54) is 27.8 Å². The van der Waals surface area contributed by atoms with E-state index in [0.29, 0.717) is 0 Å². The minimum Gasteiger partial charge on any atom is -0.303 e. The summed E-state index contributed by atoms with van der Waals surface area (Å²) >= 11 is 0. The smallest absolute Gasteiger partial charge is 0.127 e. The summed E-state index contributed by atoms with van der Waals surface area (Å²) in [4.78, 5) is 11.0. The fraction of sp³-hybridized carbons (Fsp3) is 0.188. The molecule has 0 N–H and O–H groups in total. The number of hydrogen-bond acceptors (Lipinski definition) is 1. The van der Waals surface area contributed by atoms with Crippen LogP contribution >= 0.6 is 0 Å². The van der Waals surface area contributed by atoms with Gasteiger partial charge in [-0.25, -0.2) is 0 Å². The second-order valence-corrected chi connectivity index (χ2v) is 4.63. The lowest BCUT2D eigenvalue weighted by molar-refractivity contribution is -0.108. The Labute approximate surface area is 101 Å². The molecule has 0 saturated heterocycles. The maximum Gasteiger partial charge on any atom is 0.127 e. The molecule has 0 saturated carbocycles. The first-order valence-electron chi connectivity index (χ1n) is 5.96. The predicted molar refractivity (Wildman–Crippen MR) is 69.2 cm³/mol. The Hall–Kier alpha value is -1.89. The monoisotopic (exact) mass is 222 g/mol. The van der Waals surface area contributed by atoms with Gasteiger partial charge in [-0.05, 0) is 34.2 Å². The number of carbonyl (C=O) groups excluding carboxylic acids is 1. The van der Waals surface area contributed by atoms with Crippen molar-refractivity contribution < 1.29 is 4.79 Å². The molecule has 1 heteroatoms. The lowest BCUT2D eigenvalue weighted by Crippen LogP contribution is -1.99. The van der Waals surface area contributed by atoms with Gasteiger partial charge in [0.05, 0.1) is 0 Å². The van der Waals surface area contributed by atoms with Gasteiger partial charge < -0.3 is 4.79 Å². The molecule has 84 valence electrons. The lowest BCUT2D eigenvalue weighted by atomic mass is 9.93. The number of hydrogen-bond donors (Lipinski definition) is 0. The molecule has 17 heavy (non-hydrogen) atoms. The molecule has 0 fully saturated rings. The van der Waals surface area contributed by atoms with Crippen LogP contribution in [0.2, 0.25) is 0 Å². The maximum atomic E-state index is 11.0. The van der Waals surface area contributed by atoms with E-state index in [4.69, 9.17) is 0 Å². The lowest BCUT2D eigenvalue weighted by Gasteiger charge is -2.10. The molecule has 1 aliphatic rings. The first-order valence-corrected chi connectivity index (χ1v) is 5.96. The van der Waals surface area contributed by atoms with Crippen molar-refractivity contribution in [2.24, 2.45) is 0 Å². The van der Waals surface area contributed by atoms with E-state index in [1.807, 2.05) is 6.92 Å². The van der Waals surface area contributed by atoms with Crippen LogP contribution in [0.4, 0.5) is 0 Å². The van der Waals surface area contributed by atoms with Crippen molar-refractivity contribution in [3.8, 4) is 11.1 Å². The molecule has 0 radical (unpaired) electrons. The van der Waals surface area contributed by atoms with Crippen LogP contribution in [0.1, 0.15) is 29.5 Å². The fourth-order valence-corrected chi connectivity index (χ4v) is 2.68. The summed E-state index contributed by atoms with van der Waals surface area (Å²) in [5, 5.41) is 0. The summed E-state index contributed by atoms with van der Waals surface area (Å²) in [6.07, 6.45) is 1.98. The first kappa shape index (κ1) is 10.3. The molecule has 1 unspecified atom stereocenters. The third kappa shape index (κ3) is 1.50. The average molecular weight is 222 g/mol. The second kappa shape index (κ2) is 3.85. The Morgan fingerprint density at radius 3 is 2.65 bits per heavy atom. The highest BCUT2D eigenvalue weighted by molar-refractivity contribution is 5.79. The van der Waals surface area contributed by atoms with Gasteiger partial charge in [-0.2, -0.15) is 0 Å². The molecular formula is C16H14O. The van der Waals surface area contributed by atoms with E-state index in [1.54, 1.807) is 0 Å². The van der Waals surface area contributed by atoms with Crippen molar-refractivity contribution in [1.29, 1.82) is 0 Å². The van der Waals surface area contributed by atoms with E-state index in [-0.39, 0.29) is 5.92 Å². The van der Waals surface area contributed by atoms with Gasteiger partial charge in [0.15, 0.2) is 0 Å². The number of aldehydes is 1. The molecule has 1 aliphatic carbocycles. The zero-order valence-electron chi connectivity index (χ0n) is 9.81. The van der Waals surface area contributed by atoms with Crippen LogP contribution < -0.4 is 0 Å². The van der Waals surface area contributed by atoms with Crippen LogP contribution in [-0.2, 0) is 11.2 Å². The number of benzene rings is 2. The summed E-state index contributed by atoms with van der Waals surface area (Å²) in [6, 6.07) is 14.8. The number of fused-ring (bicyclic) bond motifs is 3. The van der Waals surface area contributed by atoms with Crippen LogP contribution in [0.3, 0.4) is 0 Å². The molecule has 1 nitrogen and oxygen atoms in total. The molecule has 0 aliphatic heterocycles. The normalized spacial score (nSPS) is 13.9. The fourth-order valence-electron chi connectivity index (χ4n) is 2.68. The number of rotatable bonds is 2. The second-order valence-electron chi connectivity index (χ2n) is 4.63. The van der Waals surface area contributed by atoms with Gasteiger partial charge in [0.25, 0.3) is 0 Å². The van der Waals surface area contributed by atoms with E-state index in [2.05, 4.69) is 42.5 Å². The molecule has 0 heterocycles. The Kier molecular flexibility index (Phi) is 2.32. The summed E-state index contributed by atoms with van der Waals surface area (Å²) in [6.45, 7) is 1.96. The minimum absolute atomic E-state index is 0.0146. The van der Waals surface area contributed by atoms with Crippen LogP contribution in [0.15, 0.2) is 42.5 Å². The van der Waals surface area contributed by atoms with Crippen LogP contribution in [0.25, 0.3) is 11.1 Å². The molecule has 2 aromatic carbocycles. The van der Waals surface area contributed by atoms with Crippen molar-refractivity contribution in [1.82, 2.24) is 0 Å². The average Bonchev–Trinajstić information content (AvgIpc) is 2.76. The topological polar surface area (TPSA) is 17.1 Å². The Bertz CT molecular complexity index is 584. The third-order valence-corrected chi connectivity index (χ3v) is 3.58. The SMILES string of the molecule is CC(C=O)c1cccc2c1Cc1ccccc1-2. The standard InChI is InChI=1S/C16H14O/c1-11(10-17)13-7-4-8-15-14-6-3-2-5-12(14)9-16(13)15/h2-8,10-11H,9H2,1H3. The van der Waals surface area contributed by atoms with Gasteiger partial charge in [-0.15, -0.1) is 0 Å². The van der Waals surface area contributed by atoms with Crippen molar-refractivity contribution >= 4 is 6.29 Å². The molecular weight excluding hydrogens is 208 g/mol. The van der Waals surface area contributed by atoms with Gasteiger partial charge in [-0.1, -0.05) is 49.4 Å². The largest absolute Gasteiger partial charge is 0.303 e. The van der Waals surface area contributed by atoms with E-state index in [0.717, 1.165) is 12.7 Å². The van der Waals surface area contributed by atoms with Crippen molar-refractivity contribution in [3.63, 3.8) is 0 Å². The van der Waals surface area contributed by atoms with Crippen molar-refractivity contribution in [2.45, 2.75) is 19.3 Å². The molecule has 1 atom stereocenters. The highest BCUT2D eigenvalue weighted by Crippen LogP contribution is 2.39. The quantitative estimate of drug-likeness (QED) is 0.606. The highest BCUT2D eigenvalue weighted by Gasteiger charge is 2.21. The van der Waals surface area contributed by atoms with Crippen LogP contribution in [0, 0.1) is 0 Å². The van der Waals surface area contributed by atoms with Gasteiger partial charge in [0.1, 0.15) is 6.29 Å². The predicted octanol–water partition coefficient (Wildman–Crippen LogP) is 3.56. The Morgan fingerprint density at radius 2 is 1.82 bits per heavy atom. The minimum atomic E-state index is -0.0146. The number of carbonyl (C=O) groups is 1. The zero-order chi connectivity index (χ0) is 11.8. The van der Waals surface area contributed by atoms with Gasteiger partial charge in [0.2, 0.25) is 0 Å². The van der Waals surface area contributed by atoms with Gasteiger partial charge in [-0.3, -0.25) is 0 Å². The molecule has 3 rings (SSSR count). The molecule has 0 amide bonds. The summed E-state index contributed by atoms with van der Waals surface area (Å²) in [5.41, 5.74) is 6.49. The third-order valence-electron chi connectivity index (χ3n) is 3.58. The summed E-state index contributed by atoms with van der Waals surface area (Å²) in [5.74, 6) is -0.0146. The van der Waals surface area contributed by atoms with Gasteiger partial charge >= 0.3 is 0 Å². The zero-order valence-corrected chi connectivity index (χ0v) is 9.81. The Morgan fingerprint density at radius 1 is 1.06 bits per heavy atom. The van der Waals surface area contributed by atoms with E-state index >= 15 is 0 Å². The van der Waals surface area contributed by atoms with Crippen molar-refractivity contribution in [3.05, 3.63) is 59.2 Å². The highest BCUT2D eigenvalue weighted by atomic mass is 16.1. The summed E-state index contributed by atoms with van der Waals surface area (Å²) in [7, 11) is 0. The van der Waals surface area contributed by atoms with Crippen LogP contribution in [0.5, 0.6) is 0 Å².